The van der Waals surface area contributed by atoms with Gasteiger partial charge >= 0.3 is 0 Å². The topological polar surface area (TPSA) is 43.7 Å². The largest absolute Gasteiger partial charge is 0.508 e. The van der Waals surface area contributed by atoms with E-state index in [2.05, 4.69) is 20.8 Å². The van der Waals surface area contributed by atoms with Gasteiger partial charge in [-0.05, 0) is 24.6 Å². The SMILES string of the molecule is Oc1ccc(Br)cc1CN1CC[C@@H](O)C1. The summed E-state index contributed by atoms with van der Waals surface area (Å²) in [5, 5.41) is 19.0. The van der Waals surface area contributed by atoms with Crippen LogP contribution in [0.4, 0.5) is 0 Å². The van der Waals surface area contributed by atoms with E-state index < -0.39 is 0 Å². The third kappa shape index (κ3) is 2.71. The highest BCUT2D eigenvalue weighted by atomic mass is 79.9. The number of phenols is 1. The molecule has 15 heavy (non-hydrogen) atoms. The van der Waals surface area contributed by atoms with Gasteiger partial charge in [-0.3, -0.25) is 4.90 Å². The molecule has 0 bridgehead atoms. The first kappa shape index (κ1) is 10.9. The van der Waals surface area contributed by atoms with Crippen LogP contribution < -0.4 is 0 Å². The van der Waals surface area contributed by atoms with Crippen molar-refractivity contribution in [1.29, 1.82) is 0 Å². The highest BCUT2D eigenvalue weighted by Crippen LogP contribution is 2.24. The molecular formula is C11H14BrNO2. The summed E-state index contributed by atoms with van der Waals surface area (Å²) in [4.78, 5) is 2.14. The van der Waals surface area contributed by atoms with Crippen LogP contribution >= 0.6 is 15.9 Å². The fourth-order valence-corrected chi connectivity index (χ4v) is 2.29. The van der Waals surface area contributed by atoms with Gasteiger partial charge in [0.2, 0.25) is 0 Å². The van der Waals surface area contributed by atoms with E-state index >= 15 is 0 Å². The number of rotatable bonds is 2. The van der Waals surface area contributed by atoms with Crippen LogP contribution in [0.1, 0.15) is 12.0 Å². The Morgan fingerprint density at radius 2 is 2.27 bits per heavy atom. The molecule has 1 aliphatic heterocycles. The Balaban J connectivity index is 2.07. The molecule has 0 aliphatic carbocycles. The molecule has 82 valence electrons. The van der Waals surface area contributed by atoms with E-state index in [1.54, 1.807) is 6.07 Å². The number of β-amino-alcohol motifs (C(OH)–C–C–N with tert-alkyl or cyclic N) is 1. The summed E-state index contributed by atoms with van der Waals surface area (Å²) in [6, 6.07) is 5.42. The second-order valence-electron chi connectivity index (χ2n) is 3.95. The summed E-state index contributed by atoms with van der Waals surface area (Å²) in [5.74, 6) is 0.319. The molecule has 0 aromatic heterocycles. The van der Waals surface area contributed by atoms with Crippen molar-refractivity contribution < 1.29 is 10.2 Å². The zero-order valence-electron chi connectivity index (χ0n) is 8.36. The molecule has 1 atom stereocenters. The lowest BCUT2D eigenvalue weighted by Crippen LogP contribution is -2.21. The van der Waals surface area contributed by atoms with Crippen molar-refractivity contribution in [2.24, 2.45) is 0 Å². The Morgan fingerprint density at radius 1 is 1.47 bits per heavy atom. The molecule has 1 aromatic rings. The van der Waals surface area contributed by atoms with Gasteiger partial charge in [0, 0.05) is 29.7 Å². The molecule has 1 saturated heterocycles. The summed E-state index contributed by atoms with van der Waals surface area (Å²) in [6.07, 6.45) is 0.619. The maximum atomic E-state index is 9.65. The second kappa shape index (κ2) is 4.51. The highest BCUT2D eigenvalue weighted by molar-refractivity contribution is 9.10. The summed E-state index contributed by atoms with van der Waals surface area (Å²) in [6.45, 7) is 2.29. The number of benzene rings is 1. The average Bonchev–Trinajstić information content (AvgIpc) is 2.58. The quantitative estimate of drug-likeness (QED) is 0.861. The van der Waals surface area contributed by atoms with Crippen molar-refractivity contribution in [3.05, 3.63) is 28.2 Å². The number of phenolic OH excluding ortho intramolecular Hbond substituents is 1. The van der Waals surface area contributed by atoms with Gasteiger partial charge in [-0.2, -0.15) is 0 Å². The lowest BCUT2D eigenvalue weighted by Gasteiger charge is -2.15. The molecule has 2 N–H and O–H groups in total. The van der Waals surface area contributed by atoms with Gasteiger partial charge in [0.1, 0.15) is 5.75 Å². The van der Waals surface area contributed by atoms with Gasteiger partial charge in [-0.25, -0.2) is 0 Å². The van der Waals surface area contributed by atoms with Crippen LogP contribution in [0.3, 0.4) is 0 Å². The van der Waals surface area contributed by atoms with Crippen molar-refractivity contribution in [1.82, 2.24) is 4.90 Å². The molecule has 0 radical (unpaired) electrons. The summed E-state index contributed by atoms with van der Waals surface area (Å²) in [7, 11) is 0. The molecule has 1 aromatic carbocycles. The van der Waals surface area contributed by atoms with Crippen LogP contribution in [0.25, 0.3) is 0 Å². The summed E-state index contributed by atoms with van der Waals surface area (Å²) in [5.41, 5.74) is 0.901. The predicted molar refractivity (Wildman–Crippen MR) is 61.7 cm³/mol. The Bertz CT molecular complexity index is 356. The fourth-order valence-electron chi connectivity index (χ4n) is 1.88. The minimum atomic E-state index is -0.209. The zero-order chi connectivity index (χ0) is 10.8. The number of likely N-dealkylation sites (tertiary alicyclic amines) is 1. The van der Waals surface area contributed by atoms with Crippen LogP contribution in [-0.4, -0.2) is 34.3 Å². The van der Waals surface area contributed by atoms with Crippen molar-refractivity contribution in [2.45, 2.75) is 19.1 Å². The molecule has 1 aliphatic rings. The molecule has 0 saturated carbocycles. The van der Waals surface area contributed by atoms with Gasteiger partial charge in [-0.15, -0.1) is 0 Å². The number of aliphatic hydroxyl groups excluding tert-OH is 1. The smallest absolute Gasteiger partial charge is 0.120 e. The Hall–Kier alpha value is -0.580. The van der Waals surface area contributed by atoms with E-state index in [4.69, 9.17) is 0 Å². The number of nitrogens with zero attached hydrogens (tertiary/aromatic N) is 1. The molecule has 4 heteroatoms. The van der Waals surface area contributed by atoms with Crippen molar-refractivity contribution >= 4 is 15.9 Å². The van der Waals surface area contributed by atoms with Crippen LogP contribution in [-0.2, 0) is 6.54 Å². The molecule has 2 rings (SSSR count). The lowest BCUT2D eigenvalue weighted by atomic mass is 10.2. The molecule has 3 nitrogen and oxygen atoms in total. The molecule has 0 amide bonds. The second-order valence-corrected chi connectivity index (χ2v) is 4.87. The van der Waals surface area contributed by atoms with Gasteiger partial charge in [0.05, 0.1) is 6.10 Å². The Labute approximate surface area is 97.5 Å². The molecule has 0 spiro atoms. The van der Waals surface area contributed by atoms with Crippen LogP contribution in [0.15, 0.2) is 22.7 Å². The van der Waals surface area contributed by atoms with E-state index in [0.29, 0.717) is 18.8 Å². The van der Waals surface area contributed by atoms with Gasteiger partial charge in [0.25, 0.3) is 0 Å². The van der Waals surface area contributed by atoms with Gasteiger partial charge in [0.15, 0.2) is 0 Å². The first-order chi connectivity index (χ1) is 7.15. The van der Waals surface area contributed by atoms with Crippen molar-refractivity contribution in [3.63, 3.8) is 0 Å². The normalized spacial score (nSPS) is 22.1. The number of hydrogen-bond acceptors (Lipinski definition) is 3. The maximum Gasteiger partial charge on any atom is 0.120 e. The minimum Gasteiger partial charge on any atom is -0.508 e. The lowest BCUT2D eigenvalue weighted by molar-refractivity contribution is 0.174. The standard InChI is InChI=1S/C11H14BrNO2/c12-9-1-2-11(15)8(5-9)6-13-4-3-10(14)7-13/h1-2,5,10,14-15H,3-4,6-7H2/t10-/m1/s1. The summed E-state index contributed by atoms with van der Waals surface area (Å²) >= 11 is 3.38. The number of aromatic hydroxyl groups is 1. The van der Waals surface area contributed by atoms with E-state index in [-0.39, 0.29) is 6.10 Å². The average molecular weight is 272 g/mol. The van der Waals surface area contributed by atoms with E-state index in [9.17, 15) is 10.2 Å². The summed E-state index contributed by atoms with van der Waals surface area (Å²) < 4.78 is 0.968. The number of aliphatic hydroxyl groups is 1. The zero-order valence-corrected chi connectivity index (χ0v) is 9.94. The van der Waals surface area contributed by atoms with E-state index in [1.165, 1.54) is 0 Å². The molecule has 0 unspecified atom stereocenters. The number of hydrogen-bond donors (Lipinski definition) is 2. The van der Waals surface area contributed by atoms with Gasteiger partial charge < -0.3 is 10.2 Å². The molecular weight excluding hydrogens is 258 g/mol. The minimum absolute atomic E-state index is 0.209. The molecule has 1 heterocycles. The maximum absolute atomic E-state index is 9.65. The van der Waals surface area contributed by atoms with Crippen LogP contribution in [0, 0.1) is 0 Å². The highest BCUT2D eigenvalue weighted by Gasteiger charge is 2.20. The Morgan fingerprint density at radius 3 is 2.93 bits per heavy atom. The van der Waals surface area contributed by atoms with E-state index in [0.717, 1.165) is 23.0 Å². The number of halogens is 1. The Kier molecular flexibility index (Phi) is 3.29. The monoisotopic (exact) mass is 271 g/mol. The third-order valence-electron chi connectivity index (χ3n) is 2.68. The fraction of sp³-hybridized carbons (Fsp3) is 0.455. The third-order valence-corrected chi connectivity index (χ3v) is 3.18. The predicted octanol–water partition coefficient (Wildman–Crippen LogP) is 1.72. The van der Waals surface area contributed by atoms with Crippen molar-refractivity contribution in [2.75, 3.05) is 13.1 Å². The van der Waals surface area contributed by atoms with Crippen LogP contribution in [0.2, 0.25) is 0 Å². The van der Waals surface area contributed by atoms with Gasteiger partial charge in [-0.1, -0.05) is 15.9 Å². The first-order valence-corrected chi connectivity index (χ1v) is 5.82. The first-order valence-electron chi connectivity index (χ1n) is 5.03. The van der Waals surface area contributed by atoms with Crippen molar-refractivity contribution in [3.8, 4) is 5.75 Å². The van der Waals surface area contributed by atoms with E-state index in [1.807, 2.05) is 12.1 Å². The van der Waals surface area contributed by atoms with Crippen LogP contribution in [0.5, 0.6) is 5.75 Å². The molecule has 1 fully saturated rings.